The van der Waals surface area contributed by atoms with Crippen molar-refractivity contribution >= 4 is 33.3 Å². The third-order valence-corrected chi connectivity index (χ3v) is 5.90. The predicted molar refractivity (Wildman–Crippen MR) is 114 cm³/mol. The van der Waals surface area contributed by atoms with Gasteiger partial charge in [0.05, 0.1) is 0 Å². The first-order chi connectivity index (χ1) is 14.4. The van der Waals surface area contributed by atoms with Crippen LogP contribution in [0.15, 0.2) is 69.5 Å². The summed E-state index contributed by atoms with van der Waals surface area (Å²) in [4.78, 5) is 26.1. The molecular weight excluding hydrogens is 454 g/mol. The topological polar surface area (TPSA) is 58.2 Å². The number of halogens is 3. The van der Waals surface area contributed by atoms with Crippen molar-refractivity contribution in [3.63, 3.8) is 0 Å². The Kier molecular flexibility index (Phi) is 5.56. The summed E-state index contributed by atoms with van der Waals surface area (Å²) in [5.74, 6) is -3.03. The predicted octanol–water partition coefficient (Wildman–Crippen LogP) is 5.33. The molecule has 4 nitrogen and oxygen atoms in total. The summed E-state index contributed by atoms with van der Waals surface area (Å²) in [5.41, 5.74) is 2.43. The second-order valence-corrected chi connectivity index (χ2v) is 8.29. The molecule has 154 valence electrons. The zero-order chi connectivity index (χ0) is 21.4. The van der Waals surface area contributed by atoms with Crippen LogP contribution in [-0.4, -0.2) is 11.7 Å². The average Bonchev–Trinajstić information content (AvgIpc) is 2.70. The molecule has 1 amide bonds. The van der Waals surface area contributed by atoms with E-state index in [0.717, 1.165) is 34.3 Å². The molecule has 0 spiro atoms. The Labute approximate surface area is 181 Å². The maximum atomic E-state index is 14.1. The van der Waals surface area contributed by atoms with E-state index in [0.29, 0.717) is 24.1 Å². The lowest BCUT2D eigenvalue weighted by Crippen LogP contribution is -2.35. The SMILES string of the molecule is CC1=C(C(=O)Nc2c(F)cccc2F)C(c2cccc(Br)c2)C2=C(CCCC2=O)N1. The van der Waals surface area contributed by atoms with Crippen LogP contribution in [0.3, 0.4) is 0 Å². The third kappa shape index (κ3) is 3.69. The fraction of sp³-hybridized carbons (Fsp3) is 0.217. The molecule has 0 saturated carbocycles. The lowest BCUT2D eigenvalue weighted by Gasteiger charge is -2.34. The third-order valence-electron chi connectivity index (χ3n) is 5.40. The Morgan fingerprint density at radius 1 is 1.13 bits per heavy atom. The average molecular weight is 473 g/mol. The first-order valence-electron chi connectivity index (χ1n) is 9.61. The summed E-state index contributed by atoms with van der Waals surface area (Å²) in [5, 5.41) is 5.56. The van der Waals surface area contributed by atoms with Crippen LogP contribution in [0.5, 0.6) is 0 Å². The highest BCUT2D eigenvalue weighted by Gasteiger charge is 2.38. The number of dihydropyridines is 1. The van der Waals surface area contributed by atoms with Crippen LogP contribution in [0.25, 0.3) is 0 Å². The van der Waals surface area contributed by atoms with Gasteiger partial charge in [-0.3, -0.25) is 9.59 Å². The number of anilines is 1. The van der Waals surface area contributed by atoms with Gasteiger partial charge in [0.25, 0.3) is 5.91 Å². The van der Waals surface area contributed by atoms with E-state index in [4.69, 9.17) is 0 Å². The Bertz CT molecular complexity index is 1100. The van der Waals surface area contributed by atoms with E-state index in [1.54, 1.807) is 6.92 Å². The second-order valence-electron chi connectivity index (χ2n) is 7.37. The van der Waals surface area contributed by atoms with Crippen molar-refractivity contribution < 1.29 is 18.4 Å². The molecule has 2 aromatic carbocycles. The quantitative estimate of drug-likeness (QED) is 0.634. The van der Waals surface area contributed by atoms with Crippen molar-refractivity contribution in [2.45, 2.75) is 32.1 Å². The number of carbonyl (C=O) groups is 2. The summed E-state index contributed by atoms with van der Waals surface area (Å²) in [6.07, 6.45) is 1.85. The Morgan fingerprint density at radius 3 is 2.53 bits per heavy atom. The fourth-order valence-corrected chi connectivity index (χ4v) is 4.52. The zero-order valence-electron chi connectivity index (χ0n) is 16.2. The van der Waals surface area contributed by atoms with Crippen LogP contribution in [0.2, 0.25) is 0 Å². The lowest BCUT2D eigenvalue weighted by atomic mass is 9.75. The molecule has 0 bridgehead atoms. The molecule has 0 radical (unpaired) electrons. The van der Waals surface area contributed by atoms with Gasteiger partial charge in [-0.05, 0) is 49.6 Å². The number of hydrogen-bond donors (Lipinski definition) is 2. The first-order valence-corrected chi connectivity index (χ1v) is 10.4. The minimum Gasteiger partial charge on any atom is -0.362 e. The maximum Gasteiger partial charge on any atom is 0.254 e. The van der Waals surface area contributed by atoms with Gasteiger partial charge in [0.15, 0.2) is 5.78 Å². The largest absolute Gasteiger partial charge is 0.362 e. The molecule has 0 saturated heterocycles. The van der Waals surface area contributed by atoms with Crippen molar-refractivity contribution in [1.82, 2.24) is 5.32 Å². The van der Waals surface area contributed by atoms with Gasteiger partial charge < -0.3 is 10.6 Å². The van der Waals surface area contributed by atoms with E-state index in [9.17, 15) is 18.4 Å². The second kappa shape index (κ2) is 8.14. The number of nitrogens with one attached hydrogen (secondary N) is 2. The van der Waals surface area contributed by atoms with Gasteiger partial charge in [-0.2, -0.15) is 0 Å². The number of amides is 1. The standard InChI is InChI=1S/C23H19BrF2N2O2/c1-12-19(23(30)28-22-15(25)7-3-8-16(22)26)20(13-5-2-6-14(24)11-13)21-17(27-12)9-4-10-18(21)29/h2-3,5-8,11,20,27H,4,9-10H2,1H3,(H,28,30). The molecular formula is C23H19BrF2N2O2. The molecule has 2 aromatic rings. The summed E-state index contributed by atoms with van der Waals surface area (Å²) >= 11 is 3.44. The van der Waals surface area contributed by atoms with E-state index in [1.807, 2.05) is 24.3 Å². The van der Waals surface area contributed by atoms with Crippen LogP contribution < -0.4 is 10.6 Å². The molecule has 7 heteroatoms. The van der Waals surface area contributed by atoms with Crippen LogP contribution >= 0.6 is 15.9 Å². The van der Waals surface area contributed by atoms with Crippen LogP contribution in [0.4, 0.5) is 14.5 Å². The summed E-state index contributed by atoms with van der Waals surface area (Å²) in [7, 11) is 0. The monoisotopic (exact) mass is 472 g/mol. The molecule has 0 aromatic heterocycles. The summed E-state index contributed by atoms with van der Waals surface area (Å²) in [6.45, 7) is 1.74. The Morgan fingerprint density at radius 2 is 1.83 bits per heavy atom. The highest BCUT2D eigenvalue weighted by molar-refractivity contribution is 9.10. The van der Waals surface area contributed by atoms with Gasteiger partial charge in [0, 0.05) is 39.4 Å². The van der Waals surface area contributed by atoms with E-state index >= 15 is 0 Å². The highest BCUT2D eigenvalue weighted by Crippen LogP contribution is 2.43. The van der Waals surface area contributed by atoms with Crippen LogP contribution in [-0.2, 0) is 9.59 Å². The van der Waals surface area contributed by atoms with Gasteiger partial charge in [-0.15, -0.1) is 0 Å². The smallest absolute Gasteiger partial charge is 0.254 e. The molecule has 1 heterocycles. The normalized spacial score (nSPS) is 18.8. The van der Waals surface area contributed by atoms with Crippen LogP contribution in [0.1, 0.15) is 37.7 Å². The molecule has 2 N–H and O–H groups in total. The van der Waals surface area contributed by atoms with Gasteiger partial charge in [0.1, 0.15) is 17.3 Å². The minimum absolute atomic E-state index is 0.0244. The molecule has 1 aliphatic carbocycles. The number of para-hydroxylation sites is 1. The Hall–Kier alpha value is -2.80. The van der Waals surface area contributed by atoms with Crippen molar-refractivity contribution in [1.29, 1.82) is 0 Å². The lowest BCUT2D eigenvalue weighted by molar-refractivity contribution is -0.116. The molecule has 1 unspecified atom stereocenters. The van der Waals surface area contributed by atoms with Crippen molar-refractivity contribution in [3.8, 4) is 0 Å². The zero-order valence-corrected chi connectivity index (χ0v) is 17.8. The van der Waals surface area contributed by atoms with Crippen molar-refractivity contribution in [2.24, 2.45) is 0 Å². The van der Waals surface area contributed by atoms with Crippen molar-refractivity contribution in [2.75, 3.05) is 5.32 Å². The van der Waals surface area contributed by atoms with Gasteiger partial charge in [-0.1, -0.05) is 34.1 Å². The molecule has 1 atom stereocenters. The molecule has 0 fully saturated rings. The molecule has 2 aliphatic rings. The van der Waals surface area contributed by atoms with Crippen molar-refractivity contribution in [3.05, 3.63) is 86.7 Å². The van der Waals surface area contributed by atoms with E-state index in [-0.39, 0.29) is 11.4 Å². The fourth-order valence-electron chi connectivity index (χ4n) is 4.10. The van der Waals surface area contributed by atoms with E-state index < -0.39 is 29.1 Å². The first kappa shape index (κ1) is 20.5. The number of carbonyl (C=O) groups excluding carboxylic acids is 2. The Balaban J connectivity index is 1.82. The van der Waals surface area contributed by atoms with Crippen LogP contribution in [0, 0.1) is 11.6 Å². The number of benzene rings is 2. The number of ketones is 1. The number of rotatable bonds is 3. The minimum atomic E-state index is -0.863. The summed E-state index contributed by atoms with van der Waals surface area (Å²) < 4.78 is 29.1. The highest BCUT2D eigenvalue weighted by atomic mass is 79.9. The molecule has 30 heavy (non-hydrogen) atoms. The van der Waals surface area contributed by atoms with E-state index in [1.165, 1.54) is 6.07 Å². The maximum absolute atomic E-state index is 14.1. The molecule has 1 aliphatic heterocycles. The summed E-state index contributed by atoms with van der Waals surface area (Å²) in [6, 6.07) is 10.8. The number of Topliss-reactive ketones (excluding diaryl/α,β-unsaturated/α-hetero) is 1. The van der Waals surface area contributed by atoms with Gasteiger partial charge in [0.2, 0.25) is 0 Å². The van der Waals surface area contributed by atoms with E-state index in [2.05, 4.69) is 26.6 Å². The van der Waals surface area contributed by atoms with Gasteiger partial charge >= 0.3 is 0 Å². The van der Waals surface area contributed by atoms with Gasteiger partial charge in [-0.25, -0.2) is 8.78 Å². The number of allylic oxidation sites excluding steroid dienone is 3. The number of hydrogen-bond acceptors (Lipinski definition) is 3. The molecule has 4 rings (SSSR count).